The molecule has 1 fully saturated rings. The summed E-state index contributed by atoms with van der Waals surface area (Å²) in [5, 5.41) is 0. The molecule has 26 heavy (non-hydrogen) atoms. The van der Waals surface area contributed by atoms with E-state index in [9.17, 15) is 0 Å². The number of benzene rings is 2. The van der Waals surface area contributed by atoms with Crippen LogP contribution in [0, 0.1) is 0 Å². The molecule has 1 aliphatic rings. The van der Waals surface area contributed by atoms with Gasteiger partial charge in [0.05, 0.1) is 22.9 Å². The zero-order valence-corrected chi connectivity index (χ0v) is 16.1. The summed E-state index contributed by atoms with van der Waals surface area (Å²) in [6.07, 6.45) is 6.40. The number of ether oxygens (including phenoxy) is 1. The van der Waals surface area contributed by atoms with Crippen LogP contribution in [0.2, 0.25) is 0 Å². The van der Waals surface area contributed by atoms with Gasteiger partial charge in [-0.05, 0) is 75.6 Å². The number of para-hydroxylation sites is 1. The van der Waals surface area contributed by atoms with Crippen molar-refractivity contribution < 1.29 is 4.74 Å². The van der Waals surface area contributed by atoms with Crippen LogP contribution in [0.25, 0.3) is 0 Å². The zero-order chi connectivity index (χ0) is 18.2. The minimum atomic E-state index is 0.617. The molecule has 0 bridgehead atoms. The molecular weight excluding hydrogens is 342 g/mol. The molecule has 4 nitrogen and oxygen atoms in total. The van der Waals surface area contributed by atoms with Gasteiger partial charge >= 0.3 is 0 Å². The number of hydrogen-bond acceptors (Lipinski definition) is 5. The first kappa shape index (κ1) is 18.9. The summed E-state index contributed by atoms with van der Waals surface area (Å²) in [5.41, 5.74) is 12.9. The Morgan fingerprint density at radius 3 is 2.54 bits per heavy atom. The molecule has 2 aromatic rings. The highest BCUT2D eigenvalue weighted by Gasteiger charge is 2.10. The minimum Gasteiger partial charge on any atom is -0.492 e. The Bertz CT molecular complexity index is 701. The number of nitrogens with two attached hydrogens (primary N) is 2. The number of rotatable bonds is 8. The standard InChI is InChI=1S/C21H29N3OS/c22-18-11-10-17(16-19(18)23)26-21-9-3-2-8-20(21)25-15-7-6-14-24-12-4-1-5-13-24/h2-3,8-11,16H,1,4-7,12-15,22-23H2. The molecule has 0 atom stereocenters. The van der Waals surface area contributed by atoms with Crippen LogP contribution in [0.15, 0.2) is 52.3 Å². The van der Waals surface area contributed by atoms with Gasteiger partial charge < -0.3 is 21.1 Å². The Labute approximate surface area is 160 Å². The molecule has 1 aliphatic heterocycles. The first-order valence-electron chi connectivity index (χ1n) is 9.49. The van der Waals surface area contributed by atoms with Crippen molar-refractivity contribution in [3.05, 3.63) is 42.5 Å². The van der Waals surface area contributed by atoms with Crippen LogP contribution < -0.4 is 16.2 Å². The van der Waals surface area contributed by atoms with E-state index in [1.54, 1.807) is 11.8 Å². The summed E-state index contributed by atoms with van der Waals surface area (Å²) >= 11 is 1.65. The van der Waals surface area contributed by atoms with E-state index in [1.165, 1.54) is 45.3 Å². The number of hydrogen-bond donors (Lipinski definition) is 2. The molecule has 0 spiro atoms. The highest BCUT2D eigenvalue weighted by molar-refractivity contribution is 7.99. The maximum atomic E-state index is 6.06. The normalized spacial score (nSPS) is 15.1. The van der Waals surface area contributed by atoms with Gasteiger partial charge in [-0.15, -0.1) is 0 Å². The summed E-state index contributed by atoms with van der Waals surface area (Å²) in [5.74, 6) is 0.936. The van der Waals surface area contributed by atoms with Crippen molar-refractivity contribution in [1.29, 1.82) is 0 Å². The average Bonchev–Trinajstić information content (AvgIpc) is 2.66. The van der Waals surface area contributed by atoms with Gasteiger partial charge in [0, 0.05) is 4.90 Å². The molecule has 0 radical (unpaired) electrons. The predicted octanol–water partition coefficient (Wildman–Crippen LogP) is 4.65. The van der Waals surface area contributed by atoms with Crippen LogP contribution in [0.3, 0.4) is 0 Å². The molecular formula is C21H29N3OS. The Hall–Kier alpha value is -1.85. The minimum absolute atomic E-state index is 0.617. The predicted molar refractivity (Wildman–Crippen MR) is 111 cm³/mol. The van der Waals surface area contributed by atoms with E-state index < -0.39 is 0 Å². The number of unbranched alkanes of at least 4 members (excludes halogenated alkanes) is 1. The fraction of sp³-hybridized carbons (Fsp3) is 0.429. The van der Waals surface area contributed by atoms with Crippen LogP contribution >= 0.6 is 11.8 Å². The molecule has 0 aliphatic carbocycles. The fourth-order valence-electron chi connectivity index (χ4n) is 3.20. The highest BCUT2D eigenvalue weighted by Crippen LogP contribution is 2.36. The first-order valence-corrected chi connectivity index (χ1v) is 10.3. The van der Waals surface area contributed by atoms with Gasteiger partial charge in [0.2, 0.25) is 0 Å². The van der Waals surface area contributed by atoms with E-state index in [-0.39, 0.29) is 0 Å². The molecule has 4 N–H and O–H groups in total. The molecule has 0 saturated carbocycles. The highest BCUT2D eigenvalue weighted by atomic mass is 32.2. The van der Waals surface area contributed by atoms with Crippen LogP contribution in [0.1, 0.15) is 32.1 Å². The SMILES string of the molecule is Nc1ccc(Sc2ccccc2OCCCCN2CCCCC2)cc1N. The third kappa shape index (κ3) is 5.58. The lowest BCUT2D eigenvalue weighted by Gasteiger charge is -2.26. The van der Waals surface area contributed by atoms with Crippen molar-refractivity contribution in [3.63, 3.8) is 0 Å². The summed E-state index contributed by atoms with van der Waals surface area (Å²) < 4.78 is 6.06. The maximum absolute atomic E-state index is 6.06. The average molecular weight is 372 g/mol. The van der Waals surface area contributed by atoms with Crippen molar-refractivity contribution >= 4 is 23.1 Å². The van der Waals surface area contributed by atoms with Crippen LogP contribution in [0.4, 0.5) is 11.4 Å². The molecule has 0 aromatic heterocycles. The monoisotopic (exact) mass is 371 g/mol. The van der Waals surface area contributed by atoms with E-state index in [1.807, 2.05) is 36.4 Å². The largest absolute Gasteiger partial charge is 0.492 e. The second kappa shape index (κ2) is 9.74. The summed E-state index contributed by atoms with van der Waals surface area (Å²) in [6, 6.07) is 13.9. The third-order valence-electron chi connectivity index (χ3n) is 4.71. The van der Waals surface area contributed by atoms with Crippen LogP contribution in [-0.2, 0) is 0 Å². The van der Waals surface area contributed by atoms with Gasteiger partial charge in [-0.25, -0.2) is 0 Å². The van der Waals surface area contributed by atoms with E-state index in [0.29, 0.717) is 11.4 Å². The number of nitrogens with zero attached hydrogens (tertiary/aromatic N) is 1. The Balaban J connectivity index is 1.48. The van der Waals surface area contributed by atoms with Gasteiger partial charge in [0.15, 0.2) is 0 Å². The van der Waals surface area contributed by atoms with Gasteiger partial charge in [0.25, 0.3) is 0 Å². The molecule has 0 amide bonds. The van der Waals surface area contributed by atoms with Gasteiger partial charge in [-0.2, -0.15) is 0 Å². The van der Waals surface area contributed by atoms with Crippen molar-refractivity contribution in [1.82, 2.24) is 4.90 Å². The Kier molecular flexibility index (Phi) is 7.09. The summed E-state index contributed by atoms with van der Waals surface area (Å²) in [4.78, 5) is 4.75. The van der Waals surface area contributed by atoms with Crippen molar-refractivity contribution in [2.24, 2.45) is 0 Å². The van der Waals surface area contributed by atoms with E-state index in [2.05, 4.69) is 11.0 Å². The van der Waals surface area contributed by atoms with E-state index in [4.69, 9.17) is 16.2 Å². The molecule has 140 valence electrons. The van der Waals surface area contributed by atoms with Crippen molar-refractivity contribution in [3.8, 4) is 5.75 Å². The summed E-state index contributed by atoms with van der Waals surface area (Å²) in [7, 11) is 0. The Morgan fingerprint density at radius 2 is 1.73 bits per heavy atom. The third-order valence-corrected chi connectivity index (χ3v) is 5.76. The summed E-state index contributed by atoms with van der Waals surface area (Å²) in [6.45, 7) is 4.50. The van der Waals surface area contributed by atoms with E-state index >= 15 is 0 Å². The lowest BCUT2D eigenvalue weighted by molar-refractivity contribution is 0.215. The lowest BCUT2D eigenvalue weighted by atomic mass is 10.1. The maximum Gasteiger partial charge on any atom is 0.133 e. The Morgan fingerprint density at radius 1 is 0.923 bits per heavy atom. The fourth-order valence-corrected chi connectivity index (χ4v) is 4.15. The second-order valence-electron chi connectivity index (χ2n) is 6.80. The lowest BCUT2D eigenvalue weighted by Crippen LogP contribution is -2.30. The van der Waals surface area contributed by atoms with Crippen LogP contribution in [-0.4, -0.2) is 31.1 Å². The quantitative estimate of drug-likeness (QED) is 0.522. The zero-order valence-electron chi connectivity index (χ0n) is 15.3. The number of anilines is 2. The van der Waals surface area contributed by atoms with Gasteiger partial charge in [-0.3, -0.25) is 0 Å². The van der Waals surface area contributed by atoms with E-state index in [0.717, 1.165) is 28.6 Å². The van der Waals surface area contributed by atoms with Crippen LogP contribution in [0.5, 0.6) is 5.75 Å². The van der Waals surface area contributed by atoms with Gasteiger partial charge in [-0.1, -0.05) is 30.3 Å². The molecule has 1 heterocycles. The molecule has 0 unspecified atom stereocenters. The first-order chi connectivity index (χ1) is 12.7. The van der Waals surface area contributed by atoms with Crippen molar-refractivity contribution in [2.45, 2.75) is 41.9 Å². The number of likely N-dealkylation sites (tertiary alicyclic amines) is 1. The number of piperidine rings is 1. The number of nitrogen functional groups attached to an aromatic ring is 2. The van der Waals surface area contributed by atoms with Gasteiger partial charge in [0.1, 0.15) is 5.75 Å². The second-order valence-corrected chi connectivity index (χ2v) is 7.91. The smallest absolute Gasteiger partial charge is 0.133 e. The topological polar surface area (TPSA) is 64.5 Å². The molecule has 2 aromatic carbocycles. The van der Waals surface area contributed by atoms with Crippen molar-refractivity contribution in [2.75, 3.05) is 37.7 Å². The molecule has 5 heteroatoms. The molecule has 1 saturated heterocycles. The molecule has 3 rings (SSSR count).